The van der Waals surface area contributed by atoms with Crippen LogP contribution < -0.4 is 0 Å². The molecule has 1 aliphatic rings. The molecule has 5 heteroatoms. The molecular weight excluding hydrogens is 294 g/mol. The fourth-order valence-electron chi connectivity index (χ4n) is 2.69. The Hall–Kier alpha value is -2.17. The van der Waals surface area contributed by atoms with Gasteiger partial charge in [0.2, 0.25) is 5.91 Å². The minimum atomic E-state index is -0.712. The van der Waals surface area contributed by atoms with E-state index in [4.69, 9.17) is 4.74 Å². The summed E-state index contributed by atoms with van der Waals surface area (Å²) in [5.41, 5.74) is 2.29. The van der Waals surface area contributed by atoms with Crippen LogP contribution in [0.1, 0.15) is 30.9 Å². The molecule has 1 amide bonds. The van der Waals surface area contributed by atoms with E-state index in [1.807, 2.05) is 31.2 Å². The van der Waals surface area contributed by atoms with Crippen molar-refractivity contribution in [1.82, 2.24) is 4.90 Å². The number of amides is 1. The molecule has 1 fully saturated rings. The van der Waals surface area contributed by atoms with E-state index in [-0.39, 0.29) is 24.8 Å². The SMILES string of the molecule is CCOC(=O)C1CCN(C(=O)CCc2ccc(C)cc2)CC1=O. The second-order valence-corrected chi connectivity index (χ2v) is 5.86. The standard InChI is InChI=1S/C18H23NO4/c1-3-23-18(22)15-10-11-19(12-16(15)20)17(21)9-8-14-6-4-13(2)5-7-14/h4-7,15H,3,8-12H2,1-2H3. The Labute approximate surface area is 136 Å². The topological polar surface area (TPSA) is 63.7 Å². The quantitative estimate of drug-likeness (QED) is 0.615. The first kappa shape index (κ1) is 17.2. The summed E-state index contributed by atoms with van der Waals surface area (Å²) in [6.45, 7) is 4.44. The molecule has 1 unspecified atom stereocenters. The number of aryl methyl sites for hydroxylation is 2. The number of carbonyl (C=O) groups excluding carboxylic acids is 3. The molecule has 0 N–H and O–H groups in total. The van der Waals surface area contributed by atoms with Crippen LogP contribution in [0, 0.1) is 12.8 Å². The highest BCUT2D eigenvalue weighted by Gasteiger charge is 2.34. The molecule has 1 heterocycles. The molecule has 0 aromatic heterocycles. The maximum Gasteiger partial charge on any atom is 0.316 e. The van der Waals surface area contributed by atoms with Crippen molar-refractivity contribution in [2.75, 3.05) is 19.7 Å². The summed E-state index contributed by atoms with van der Waals surface area (Å²) in [6, 6.07) is 8.07. The average molecular weight is 317 g/mol. The monoisotopic (exact) mass is 317 g/mol. The van der Waals surface area contributed by atoms with E-state index in [1.165, 1.54) is 5.56 Å². The number of Topliss-reactive ketones (excluding diaryl/α,β-unsaturated/α-hetero) is 1. The van der Waals surface area contributed by atoms with Crippen LogP contribution in [0.4, 0.5) is 0 Å². The Morgan fingerprint density at radius 1 is 1.26 bits per heavy atom. The van der Waals surface area contributed by atoms with Crippen LogP contribution in [0.5, 0.6) is 0 Å². The number of benzene rings is 1. The molecule has 0 aliphatic carbocycles. The summed E-state index contributed by atoms with van der Waals surface area (Å²) >= 11 is 0. The van der Waals surface area contributed by atoms with Gasteiger partial charge < -0.3 is 9.64 Å². The number of nitrogens with zero attached hydrogens (tertiary/aromatic N) is 1. The van der Waals surface area contributed by atoms with Gasteiger partial charge in [0.1, 0.15) is 5.92 Å². The van der Waals surface area contributed by atoms with Crippen LogP contribution in [0.3, 0.4) is 0 Å². The highest BCUT2D eigenvalue weighted by Crippen LogP contribution is 2.17. The predicted octanol–water partition coefficient (Wildman–Crippen LogP) is 1.91. The van der Waals surface area contributed by atoms with Crippen molar-refractivity contribution in [3.8, 4) is 0 Å². The lowest BCUT2D eigenvalue weighted by Crippen LogP contribution is -2.46. The summed E-state index contributed by atoms with van der Waals surface area (Å²) in [7, 11) is 0. The zero-order valence-electron chi connectivity index (χ0n) is 13.7. The van der Waals surface area contributed by atoms with E-state index < -0.39 is 11.9 Å². The highest BCUT2D eigenvalue weighted by molar-refractivity contribution is 6.01. The lowest BCUT2D eigenvalue weighted by Gasteiger charge is -2.29. The second-order valence-electron chi connectivity index (χ2n) is 5.86. The zero-order chi connectivity index (χ0) is 16.8. The van der Waals surface area contributed by atoms with Gasteiger partial charge in [0.05, 0.1) is 13.2 Å². The van der Waals surface area contributed by atoms with Gasteiger partial charge in [0.15, 0.2) is 5.78 Å². The molecule has 2 rings (SSSR count). The Morgan fingerprint density at radius 3 is 2.57 bits per heavy atom. The van der Waals surface area contributed by atoms with Crippen LogP contribution >= 0.6 is 0 Å². The smallest absolute Gasteiger partial charge is 0.316 e. The van der Waals surface area contributed by atoms with Gasteiger partial charge in [-0.3, -0.25) is 14.4 Å². The van der Waals surface area contributed by atoms with Gasteiger partial charge in [-0.25, -0.2) is 0 Å². The van der Waals surface area contributed by atoms with Crippen LogP contribution in [0.2, 0.25) is 0 Å². The van der Waals surface area contributed by atoms with E-state index >= 15 is 0 Å². The van der Waals surface area contributed by atoms with E-state index in [1.54, 1.807) is 11.8 Å². The van der Waals surface area contributed by atoms with Gasteiger partial charge >= 0.3 is 5.97 Å². The van der Waals surface area contributed by atoms with Crippen LogP contribution in [0.25, 0.3) is 0 Å². The molecule has 0 bridgehead atoms. The van der Waals surface area contributed by atoms with Gasteiger partial charge in [-0.05, 0) is 32.3 Å². The Balaban J connectivity index is 1.84. The Kier molecular flexibility index (Phi) is 5.90. The van der Waals surface area contributed by atoms with Gasteiger partial charge in [0.25, 0.3) is 0 Å². The number of carbonyl (C=O) groups is 3. The van der Waals surface area contributed by atoms with E-state index in [0.717, 1.165) is 5.56 Å². The van der Waals surface area contributed by atoms with Gasteiger partial charge in [-0.15, -0.1) is 0 Å². The predicted molar refractivity (Wildman–Crippen MR) is 85.8 cm³/mol. The van der Waals surface area contributed by atoms with Gasteiger partial charge in [-0.2, -0.15) is 0 Å². The molecule has 1 aromatic carbocycles. The average Bonchev–Trinajstić information content (AvgIpc) is 2.54. The highest BCUT2D eigenvalue weighted by atomic mass is 16.5. The molecule has 0 saturated carbocycles. The van der Waals surface area contributed by atoms with Crippen LogP contribution in [-0.2, 0) is 25.5 Å². The lowest BCUT2D eigenvalue weighted by atomic mass is 9.95. The number of hydrogen-bond acceptors (Lipinski definition) is 4. The first-order chi connectivity index (χ1) is 11.0. The number of rotatable bonds is 5. The first-order valence-corrected chi connectivity index (χ1v) is 8.04. The van der Waals surface area contributed by atoms with Crippen molar-refractivity contribution >= 4 is 17.7 Å². The van der Waals surface area contributed by atoms with Crippen molar-refractivity contribution in [1.29, 1.82) is 0 Å². The molecule has 5 nitrogen and oxygen atoms in total. The lowest BCUT2D eigenvalue weighted by molar-refractivity contribution is -0.156. The second kappa shape index (κ2) is 7.90. The third-order valence-corrected chi connectivity index (χ3v) is 4.10. The number of ether oxygens (including phenoxy) is 1. The fraction of sp³-hybridized carbons (Fsp3) is 0.500. The summed E-state index contributed by atoms with van der Waals surface area (Å²) in [5.74, 6) is -1.44. The molecule has 124 valence electrons. The molecule has 1 aliphatic heterocycles. The minimum Gasteiger partial charge on any atom is -0.465 e. The van der Waals surface area contributed by atoms with Crippen molar-refractivity contribution in [2.24, 2.45) is 5.92 Å². The normalized spacial score (nSPS) is 17.9. The maximum absolute atomic E-state index is 12.2. The molecule has 0 spiro atoms. The van der Waals surface area contributed by atoms with Gasteiger partial charge in [0, 0.05) is 13.0 Å². The van der Waals surface area contributed by atoms with E-state index in [0.29, 0.717) is 25.8 Å². The van der Waals surface area contributed by atoms with Crippen LogP contribution in [-0.4, -0.2) is 42.3 Å². The first-order valence-electron chi connectivity index (χ1n) is 8.04. The fourth-order valence-corrected chi connectivity index (χ4v) is 2.69. The van der Waals surface area contributed by atoms with Gasteiger partial charge in [-0.1, -0.05) is 29.8 Å². The van der Waals surface area contributed by atoms with Crippen molar-refractivity contribution < 1.29 is 19.1 Å². The Bertz CT molecular complexity index is 579. The summed E-state index contributed by atoms with van der Waals surface area (Å²) in [4.78, 5) is 37.5. The Morgan fingerprint density at radius 2 is 1.96 bits per heavy atom. The number of esters is 1. The molecule has 1 aromatic rings. The summed E-state index contributed by atoms with van der Waals surface area (Å²) in [6.07, 6.45) is 1.39. The van der Waals surface area contributed by atoms with Crippen molar-refractivity contribution in [2.45, 2.75) is 33.1 Å². The third-order valence-electron chi connectivity index (χ3n) is 4.10. The van der Waals surface area contributed by atoms with E-state index in [9.17, 15) is 14.4 Å². The number of likely N-dealkylation sites (tertiary alicyclic amines) is 1. The molecule has 0 radical (unpaired) electrons. The molecule has 23 heavy (non-hydrogen) atoms. The minimum absolute atomic E-state index is 0.0101. The number of hydrogen-bond donors (Lipinski definition) is 0. The zero-order valence-corrected chi connectivity index (χ0v) is 13.7. The third kappa shape index (κ3) is 4.65. The van der Waals surface area contributed by atoms with Crippen molar-refractivity contribution in [3.63, 3.8) is 0 Å². The van der Waals surface area contributed by atoms with E-state index in [2.05, 4.69) is 0 Å². The number of ketones is 1. The maximum atomic E-state index is 12.2. The summed E-state index contributed by atoms with van der Waals surface area (Å²) < 4.78 is 4.90. The largest absolute Gasteiger partial charge is 0.465 e. The number of piperidine rings is 1. The molecular formula is C18H23NO4. The molecule has 1 atom stereocenters. The van der Waals surface area contributed by atoms with Crippen molar-refractivity contribution in [3.05, 3.63) is 35.4 Å². The summed E-state index contributed by atoms with van der Waals surface area (Å²) in [5, 5.41) is 0. The molecule has 1 saturated heterocycles. The van der Waals surface area contributed by atoms with Crippen LogP contribution in [0.15, 0.2) is 24.3 Å².